The van der Waals surface area contributed by atoms with E-state index in [0.29, 0.717) is 0 Å². The van der Waals surface area contributed by atoms with Gasteiger partial charge < -0.3 is 4.74 Å². The van der Waals surface area contributed by atoms with Crippen LogP contribution in [0.5, 0.6) is 0 Å². The van der Waals surface area contributed by atoms with Crippen molar-refractivity contribution in [1.82, 2.24) is 0 Å². The number of rotatable bonds is 2. The van der Waals surface area contributed by atoms with E-state index in [4.69, 9.17) is 4.74 Å². The monoisotopic (exact) mass is 214 g/mol. The Bertz CT molecular complexity index is 262. The van der Waals surface area contributed by atoms with E-state index in [0.717, 1.165) is 18.4 Å². The Morgan fingerprint density at radius 1 is 1.20 bits per heavy atom. The number of ether oxygens (including phenoxy) is 1. The first-order chi connectivity index (χ1) is 6.73. The third-order valence-electron chi connectivity index (χ3n) is 3.90. The summed E-state index contributed by atoms with van der Waals surface area (Å²) >= 11 is 0. The summed E-state index contributed by atoms with van der Waals surface area (Å²) < 4.78 is 5.42. The molecule has 1 N–H and O–H groups in total. The minimum absolute atomic E-state index is 0.0751. The minimum Gasteiger partial charge on any atom is -0.347 e. The molecule has 88 valence electrons. The molecule has 0 aromatic rings. The smallest absolute Gasteiger partial charge is 0.228 e. The molecule has 15 heavy (non-hydrogen) atoms. The maximum Gasteiger partial charge on any atom is 0.228 e. The van der Waals surface area contributed by atoms with Crippen molar-refractivity contribution in [2.75, 3.05) is 7.11 Å². The van der Waals surface area contributed by atoms with Crippen LogP contribution in [0, 0.1) is 10.8 Å². The van der Waals surface area contributed by atoms with Gasteiger partial charge in [0, 0.05) is 12.5 Å². The molecule has 0 aromatic heterocycles. The maximum atomic E-state index is 9.19. The summed E-state index contributed by atoms with van der Waals surface area (Å²) in [4.78, 5) is 4.67. The van der Waals surface area contributed by atoms with Gasteiger partial charge in [-0.1, -0.05) is 34.3 Å². The lowest BCUT2D eigenvalue weighted by Gasteiger charge is -2.53. The van der Waals surface area contributed by atoms with E-state index in [1.54, 1.807) is 7.11 Å². The van der Waals surface area contributed by atoms with E-state index in [9.17, 15) is 5.26 Å². The number of methoxy groups -OCH3 is 1. The zero-order valence-corrected chi connectivity index (χ0v) is 10.4. The first kappa shape index (κ1) is 12.7. The van der Waals surface area contributed by atoms with E-state index >= 15 is 0 Å². The van der Waals surface area contributed by atoms with Crippen molar-refractivity contribution >= 4 is 0 Å². The lowest BCUT2D eigenvalue weighted by molar-refractivity contribution is -0.422. The zero-order chi connectivity index (χ0) is 11.9. The average Bonchev–Trinajstić information content (AvgIpc) is 2.16. The van der Waals surface area contributed by atoms with Crippen molar-refractivity contribution in [3.8, 4) is 0 Å². The zero-order valence-electron chi connectivity index (χ0n) is 10.4. The Balaban J connectivity index is 3.21. The van der Waals surface area contributed by atoms with Gasteiger partial charge in [-0.15, -0.1) is 0 Å². The van der Waals surface area contributed by atoms with Gasteiger partial charge in [-0.05, 0) is 23.8 Å². The van der Waals surface area contributed by atoms with Crippen molar-refractivity contribution in [3.63, 3.8) is 0 Å². The molecule has 0 radical (unpaired) electrons. The highest BCUT2D eigenvalue weighted by Gasteiger charge is 2.57. The molecule has 3 nitrogen and oxygen atoms in total. The van der Waals surface area contributed by atoms with Crippen LogP contribution in [0.15, 0.2) is 12.2 Å². The highest BCUT2D eigenvalue weighted by Crippen LogP contribution is 2.55. The Labute approximate surface area is 92.0 Å². The molecule has 1 aliphatic carbocycles. The van der Waals surface area contributed by atoms with E-state index < -0.39 is 5.79 Å². The summed E-state index contributed by atoms with van der Waals surface area (Å²) in [6.07, 6.45) is 1.95. The average molecular weight is 214 g/mol. The van der Waals surface area contributed by atoms with Gasteiger partial charge in [0.25, 0.3) is 0 Å². The van der Waals surface area contributed by atoms with Crippen molar-refractivity contribution in [3.05, 3.63) is 12.2 Å². The molecule has 1 aliphatic rings. The molecule has 3 heteroatoms. The van der Waals surface area contributed by atoms with Crippen LogP contribution < -0.4 is 0 Å². The van der Waals surface area contributed by atoms with Gasteiger partial charge >= 0.3 is 0 Å². The SMILES string of the molecule is C=C1C(C)(C)CCC(C)(C)C1(OC)OO. The number of hydrogen-bond donors (Lipinski definition) is 1. The molecule has 0 bridgehead atoms. The van der Waals surface area contributed by atoms with Gasteiger partial charge in [-0.2, -0.15) is 4.89 Å². The standard InChI is InChI=1S/C12H22O3/c1-9-10(2,3)7-8-11(4,5)12(9,14-6)15-13/h13H,1,7-8H2,2-6H3. The molecular formula is C12H22O3. The molecule has 1 saturated carbocycles. The Hall–Kier alpha value is -0.380. The van der Waals surface area contributed by atoms with Crippen LogP contribution in [0.25, 0.3) is 0 Å². The molecule has 1 fully saturated rings. The third kappa shape index (κ3) is 1.63. The first-order valence-corrected chi connectivity index (χ1v) is 5.31. The summed E-state index contributed by atoms with van der Waals surface area (Å²) in [5.41, 5.74) is 0.452. The van der Waals surface area contributed by atoms with E-state index in [2.05, 4.69) is 25.3 Å². The second kappa shape index (κ2) is 3.58. The molecule has 1 unspecified atom stereocenters. The van der Waals surface area contributed by atoms with Crippen molar-refractivity contribution in [2.24, 2.45) is 10.8 Å². The summed E-state index contributed by atoms with van der Waals surface area (Å²) in [6.45, 7) is 12.3. The fourth-order valence-corrected chi connectivity index (χ4v) is 2.41. The molecule has 0 saturated heterocycles. The summed E-state index contributed by atoms with van der Waals surface area (Å²) in [5.74, 6) is -1.09. The molecule has 0 amide bonds. The first-order valence-electron chi connectivity index (χ1n) is 5.31. The normalized spacial score (nSPS) is 34.1. The Kier molecular flexibility index (Phi) is 3.03. The molecule has 1 atom stereocenters. The van der Waals surface area contributed by atoms with Crippen LogP contribution in [0.2, 0.25) is 0 Å². The quantitative estimate of drug-likeness (QED) is 0.332. The molecular weight excluding hydrogens is 192 g/mol. The van der Waals surface area contributed by atoms with Crippen LogP contribution in [0.1, 0.15) is 40.5 Å². The second-order valence-corrected chi connectivity index (χ2v) is 5.66. The lowest BCUT2D eigenvalue weighted by Crippen LogP contribution is -2.56. The van der Waals surface area contributed by atoms with Gasteiger partial charge in [0.15, 0.2) is 0 Å². The molecule has 0 aromatic carbocycles. The van der Waals surface area contributed by atoms with Crippen molar-refractivity contribution < 1.29 is 14.9 Å². The van der Waals surface area contributed by atoms with Crippen molar-refractivity contribution in [2.45, 2.75) is 46.3 Å². The fraction of sp³-hybridized carbons (Fsp3) is 0.833. The van der Waals surface area contributed by atoms with Gasteiger partial charge in [-0.25, -0.2) is 5.26 Å². The highest BCUT2D eigenvalue weighted by atomic mass is 17.1. The predicted octanol–water partition coefficient (Wildman–Crippen LogP) is 3.22. The Morgan fingerprint density at radius 3 is 2.07 bits per heavy atom. The van der Waals surface area contributed by atoms with Crippen LogP contribution in [0.4, 0.5) is 0 Å². The van der Waals surface area contributed by atoms with Crippen LogP contribution in [-0.4, -0.2) is 18.2 Å². The van der Waals surface area contributed by atoms with Crippen LogP contribution in [-0.2, 0) is 9.62 Å². The predicted molar refractivity (Wildman–Crippen MR) is 59.4 cm³/mol. The van der Waals surface area contributed by atoms with E-state index in [-0.39, 0.29) is 10.8 Å². The molecule has 0 heterocycles. The summed E-state index contributed by atoms with van der Waals surface area (Å²) in [5, 5.41) is 9.19. The number of hydrogen-bond acceptors (Lipinski definition) is 3. The van der Waals surface area contributed by atoms with Gasteiger partial charge in [0.1, 0.15) is 0 Å². The van der Waals surface area contributed by atoms with Gasteiger partial charge in [-0.3, -0.25) is 0 Å². The molecule has 0 aliphatic heterocycles. The van der Waals surface area contributed by atoms with Crippen LogP contribution >= 0.6 is 0 Å². The van der Waals surface area contributed by atoms with Gasteiger partial charge in [0.05, 0.1) is 0 Å². The molecule has 1 rings (SSSR count). The molecule has 0 spiro atoms. The van der Waals surface area contributed by atoms with Crippen LogP contribution in [0.3, 0.4) is 0 Å². The summed E-state index contributed by atoms with van der Waals surface area (Å²) in [6, 6.07) is 0. The lowest BCUT2D eigenvalue weighted by atomic mass is 9.60. The highest BCUT2D eigenvalue weighted by molar-refractivity contribution is 5.24. The van der Waals surface area contributed by atoms with E-state index in [1.807, 2.05) is 13.8 Å². The second-order valence-electron chi connectivity index (χ2n) is 5.66. The fourth-order valence-electron chi connectivity index (χ4n) is 2.41. The third-order valence-corrected chi connectivity index (χ3v) is 3.90. The van der Waals surface area contributed by atoms with E-state index in [1.165, 1.54) is 0 Å². The van der Waals surface area contributed by atoms with Crippen molar-refractivity contribution in [1.29, 1.82) is 0 Å². The largest absolute Gasteiger partial charge is 0.347 e. The minimum atomic E-state index is -1.09. The Morgan fingerprint density at radius 2 is 1.73 bits per heavy atom. The maximum absolute atomic E-state index is 9.19. The summed E-state index contributed by atoms with van der Waals surface area (Å²) in [7, 11) is 1.55. The topological polar surface area (TPSA) is 38.7 Å². The van der Waals surface area contributed by atoms with Gasteiger partial charge in [0.2, 0.25) is 5.79 Å².